The van der Waals surface area contributed by atoms with Crippen LogP contribution >= 0.6 is 46.3 Å². The predicted octanol–water partition coefficient (Wildman–Crippen LogP) is 5.83. The first-order valence-electron chi connectivity index (χ1n) is 8.88. The van der Waals surface area contributed by atoms with Gasteiger partial charge in [-0.2, -0.15) is 0 Å². The maximum Gasteiger partial charge on any atom is 0.330 e. The summed E-state index contributed by atoms with van der Waals surface area (Å²) in [6.07, 6.45) is 3.13. The van der Waals surface area contributed by atoms with Crippen molar-refractivity contribution in [3.63, 3.8) is 0 Å². The predicted molar refractivity (Wildman–Crippen MR) is 128 cm³/mol. The molecule has 1 heterocycles. The van der Waals surface area contributed by atoms with E-state index in [0.717, 1.165) is 21.9 Å². The fourth-order valence-corrected chi connectivity index (χ4v) is 4.62. The van der Waals surface area contributed by atoms with Gasteiger partial charge in [-0.05, 0) is 36.4 Å². The van der Waals surface area contributed by atoms with Gasteiger partial charge in [-0.1, -0.05) is 46.7 Å². The molecule has 1 aromatic heterocycles. The Morgan fingerprint density at radius 2 is 1.87 bits per heavy atom. The van der Waals surface area contributed by atoms with Gasteiger partial charge in [0.25, 0.3) is 0 Å². The van der Waals surface area contributed by atoms with Crippen LogP contribution in [0.25, 0.3) is 0 Å². The summed E-state index contributed by atoms with van der Waals surface area (Å²) in [5.74, 6) is 0.00187. The Hall–Kier alpha value is -2.52. The van der Waals surface area contributed by atoms with Crippen molar-refractivity contribution in [1.82, 2.24) is 4.98 Å². The molecule has 0 unspecified atom stereocenters. The summed E-state index contributed by atoms with van der Waals surface area (Å²) in [6.45, 7) is 0. The number of nitrogens with two attached hydrogens (primary N) is 1. The lowest BCUT2D eigenvalue weighted by Gasteiger charge is -2.04. The summed E-state index contributed by atoms with van der Waals surface area (Å²) < 4.78 is 4.55. The Labute approximate surface area is 197 Å². The molecular weight excluding hydrogens is 477 g/mol. The molecule has 3 aromatic rings. The number of halogens is 2. The third-order valence-electron chi connectivity index (χ3n) is 3.96. The molecule has 0 radical (unpaired) electrons. The smallest absolute Gasteiger partial charge is 0.330 e. The van der Waals surface area contributed by atoms with Gasteiger partial charge in [-0.25, -0.2) is 9.78 Å². The van der Waals surface area contributed by atoms with Gasteiger partial charge < -0.3 is 15.8 Å². The third-order valence-corrected chi connectivity index (χ3v) is 6.54. The van der Waals surface area contributed by atoms with Crippen molar-refractivity contribution in [2.24, 2.45) is 0 Å². The first kappa shape index (κ1) is 23.1. The molecule has 0 bridgehead atoms. The molecule has 0 atom stereocenters. The zero-order chi connectivity index (χ0) is 22.4. The number of carbonyl (C=O) groups is 2. The summed E-state index contributed by atoms with van der Waals surface area (Å²) in [5.41, 5.74) is 6.96. The molecule has 160 valence electrons. The van der Waals surface area contributed by atoms with E-state index in [-0.39, 0.29) is 38.1 Å². The van der Waals surface area contributed by atoms with Crippen LogP contribution in [0.15, 0.2) is 59.5 Å². The van der Waals surface area contributed by atoms with Crippen LogP contribution in [0.2, 0.25) is 10.0 Å². The highest BCUT2D eigenvalue weighted by atomic mass is 35.5. The largest absolute Gasteiger partial charge is 0.466 e. The minimum absolute atomic E-state index is 0.109. The molecule has 3 rings (SSSR count). The number of hydrogen-bond donors (Lipinski definition) is 2. The van der Waals surface area contributed by atoms with Gasteiger partial charge >= 0.3 is 5.97 Å². The van der Waals surface area contributed by atoms with Crippen LogP contribution in [-0.2, 0) is 9.53 Å². The highest BCUT2D eigenvalue weighted by molar-refractivity contribution is 7.99. The minimum Gasteiger partial charge on any atom is -0.466 e. The van der Waals surface area contributed by atoms with Crippen molar-refractivity contribution in [3.05, 3.63) is 75.1 Å². The number of rotatable bonds is 8. The van der Waals surface area contributed by atoms with E-state index in [9.17, 15) is 9.59 Å². The molecule has 0 saturated carbocycles. The number of thiazole rings is 1. The number of ether oxygens (including phenoxy) is 1. The number of nitrogen functional groups attached to an aromatic ring is 1. The third kappa shape index (κ3) is 6.01. The van der Waals surface area contributed by atoms with Gasteiger partial charge in [0.1, 0.15) is 10.7 Å². The number of esters is 1. The molecule has 10 heteroatoms. The van der Waals surface area contributed by atoms with E-state index in [2.05, 4.69) is 15.0 Å². The number of thioether (sulfide) groups is 1. The number of hydrogen-bond acceptors (Lipinski definition) is 8. The lowest BCUT2D eigenvalue weighted by molar-refractivity contribution is -0.134. The highest BCUT2D eigenvalue weighted by Crippen LogP contribution is 2.34. The Balaban J connectivity index is 1.67. The van der Waals surface area contributed by atoms with Crippen molar-refractivity contribution in [1.29, 1.82) is 0 Å². The lowest BCUT2D eigenvalue weighted by Crippen LogP contribution is -2.04. The second-order valence-corrected chi connectivity index (χ2v) is 8.95. The van der Waals surface area contributed by atoms with E-state index >= 15 is 0 Å². The number of nitrogens with one attached hydrogen (secondary N) is 1. The second-order valence-electron chi connectivity index (χ2n) is 6.05. The van der Waals surface area contributed by atoms with E-state index in [1.807, 2.05) is 24.3 Å². The maximum absolute atomic E-state index is 12.9. The van der Waals surface area contributed by atoms with Gasteiger partial charge in [0, 0.05) is 22.4 Å². The summed E-state index contributed by atoms with van der Waals surface area (Å²) in [4.78, 5) is 29.4. The van der Waals surface area contributed by atoms with Gasteiger partial charge in [0.15, 0.2) is 5.13 Å². The van der Waals surface area contributed by atoms with E-state index in [0.29, 0.717) is 10.9 Å². The Morgan fingerprint density at radius 3 is 2.52 bits per heavy atom. The van der Waals surface area contributed by atoms with E-state index in [1.165, 1.54) is 13.2 Å². The number of methoxy groups -OCH3 is 1. The number of anilines is 3. The number of ketones is 1. The van der Waals surface area contributed by atoms with Crippen LogP contribution in [0, 0.1) is 0 Å². The fraction of sp³-hybridized carbons (Fsp3) is 0.0952. The normalized spacial score (nSPS) is 10.9. The van der Waals surface area contributed by atoms with Crippen LogP contribution < -0.4 is 11.1 Å². The molecule has 0 aliphatic rings. The summed E-state index contributed by atoms with van der Waals surface area (Å²) >= 11 is 15.0. The van der Waals surface area contributed by atoms with Crippen molar-refractivity contribution in [3.8, 4) is 0 Å². The summed E-state index contributed by atoms with van der Waals surface area (Å²) in [6, 6.07) is 12.5. The van der Waals surface area contributed by atoms with Crippen LogP contribution in [0.5, 0.6) is 0 Å². The molecule has 31 heavy (non-hydrogen) atoms. The molecule has 0 spiro atoms. The molecule has 2 aromatic carbocycles. The van der Waals surface area contributed by atoms with Crippen LogP contribution in [0.3, 0.4) is 0 Å². The van der Waals surface area contributed by atoms with E-state index in [4.69, 9.17) is 28.9 Å². The topological polar surface area (TPSA) is 94.3 Å². The molecule has 0 fully saturated rings. The van der Waals surface area contributed by atoms with Gasteiger partial charge in [-0.15, -0.1) is 11.8 Å². The van der Waals surface area contributed by atoms with Crippen LogP contribution in [0.4, 0.5) is 16.6 Å². The quantitative estimate of drug-likeness (QED) is 0.176. The average molecular weight is 494 g/mol. The summed E-state index contributed by atoms with van der Waals surface area (Å²) in [7, 11) is 1.34. The Morgan fingerprint density at radius 1 is 1.19 bits per heavy atom. The lowest BCUT2D eigenvalue weighted by atomic mass is 10.1. The number of aromatic nitrogens is 1. The maximum atomic E-state index is 12.9. The standard InChI is InChI=1S/C21H17Cl2N3O3S2/c1-29-16(27)6-3-11-30-13-9-7-12(8-10-13)25-21-26-20(24)19(31-21)18(28)17-14(22)4-2-5-15(17)23/h2-10H,11,24H2,1H3,(H,25,26)/b6-3+. The van der Waals surface area contributed by atoms with E-state index in [1.54, 1.807) is 36.0 Å². The molecule has 0 saturated heterocycles. The number of nitrogens with zero attached hydrogens (tertiary/aromatic N) is 1. The van der Waals surface area contributed by atoms with Gasteiger partial charge in [0.2, 0.25) is 5.78 Å². The van der Waals surface area contributed by atoms with Crippen molar-refractivity contribution in [2.45, 2.75) is 4.90 Å². The number of benzene rings is 2. The second kappa shape index (κ2) is 10.7. The summed E-state index contributed by atoms with van der Waals surface area (Å²) in [5, 5.41) is 4.14. The molecule has 0 aliphatic carbocycles. The molecule has 3 N–H and O–H groups in total. The van der Waals surface area contributed by atoms with Crippen molar-refractivity contribution < 1.29 is 14.3 Å². The Bertz CT molecular complexity index is 1110. The fourth-order valence-electron chi connectivity index (χ4n) is 2.49. The van der Waals surface area contributed by atoms with Crippen LogP contribution in [0.1, 0.15) is 15.2 Å². The molecule has 0 amide bonds. The minimum atomic E-state index is -0.377. The molecule has 6 nitrogen and oxygen atoms in total. The number of carbonyl (C=O) groups excluding carboxylic acids is 2. The SMILES string of the molecule is COC(=O)/C=C/CSc1ccc(Nc2nc(N)c(C(=O)c3c(Cl)cccc3Cl)s2)cc1. The van der Waals surface area contributed by atoms with E-state index < -0.39 is 0 Å². The first-order chi connectivity index (χ1) is 14.9. The Kier molecular flexibility index (Phi) is 7.97. The highest BCUT2D eigenvalue weighted by Gasteiger charge is 2.22. The van der Waals surface area contributed by atoms with Crippen LogP contribution in [-0.4, -0.2) is 29.6 Å². The van der Waals surface area contributed by atoms with Gasteiger partial charge in [0.05, 0.1) is 22.7 Å². The van der Waals surface area contributed by atoms with Crippen molar-refractivity contribution >= 4 is 74.7 Å². The monoisotopic (exact) mass is 493 g/mol. The zero-order valence-electron chi connectivity index (χ0n) is 16.2. The molecule has 0 aliphatic heterocycles. The molecular formula is C21H17Cl2N3O3S2. The average Bonchev–Trinajstić information content (AvgIpc) is 3.11. The first-order valence-corrected chi connectivity index (χ1v) is 11.4. The zero-order valence-corrected chi connectivity index (χ0v) is 19.4. The van der Waals surface area contributed by atoms with Gasteiger partial charge in [-0.3, -0.25) is 4.79 Å². The van der Waals surface area contributed by atoms with Crippen molar-refractivity contribution in [2.75, 3.05) is 23.9 Å².